The number of hydrogen-bond donors (Lipinski definition) is 0. The molecule has 0 fully saturated rings. The fraction of sp³-hybridized carbons (Fsp3) is 0.188. The maximum Gasteiger partial charge on any atom is 0.242 e. The Labute approximate surface area is 130 Å². The first kappa shape index (κ1) is 16.0. The second kappa shape index (κ2) is 6.60. The third-order valence-electron chi connectivity index (χ3n) is 3.07. The first-order chi connectivity index (χ1) is 10.4. The first-order valence-electron chi connectivity index (χ1n) is 6.58. The zero-order chi connectivity index (χ0) is 16.2. The van der Waals surface area contributed by atoms with Gasteiger partial charge in [0.2, 0.25) is 10.0 Å². The summed E-state index contributed by atoms with van der Waals surface area (Å²) in [6.45, 7) is 0.253. The smallest absolute Gasteiger partial charge is 0.242 e. The van der Waals surface area contributed by atoms with Crippen molar-refractivity contribution in [1.82, 2.24) is 4.31 Å². The predicted molar refractivity (Wildman–Crippen MR) is 82.8 cm³/mol. The number of ether oxygens (including phenoxy) is 1. The molecular formula is C16H16N2O3S. The molecule has 0 saturated heterocycles. The molecular weight excluding hydrogens is 300 g/mol. The Morgan fingerprint density at radius 3 is 2.41 bits per heavy atom. The van der Waals surface area contributed by atoms with E-state index in [9.17, 15) is 8.42 Å². The van der Waals surface area contributed by atoms with Gasteiger partial charge in [-0.05, 0) is 42.0 Å². The van der Waals surface area contributed by atoms with Crippen LogP contribution in [0, 0.1) is 11.3 Å². The zero-order valence-electron chi connectivity index (χ0n) is 12.4. The van der Waals surface area contributed by atoms with Gasteiger partial charge < -0.3 is 4.74 Å². The Kier molecular flexibility index (Phi) is 4.81. The molecule has 0 aliphatic heterocycles. The van der Waals surface area contributed by atoms with Crippen LogP contribution in [-0.2, 0) is 16.6 Å². The quantitative estimate of drug-likeness (QED) is 0.849. The van der Waals surface area contributed by atoms with E-state index >= 15 is 0 Å². The van der Waals surface area contributed by atoms with E-state index in [2.05, 4.69) is 0 Å². The maximum atomic E-state index is 12.1. The summed E-state index contributed by atoms with van der Waals surface area (Å²) in [6.07, 6.45) is 0. The van der Waals surface area contributed by atoms with E-state index in [0.29, 0.717) is 11.3 Å². The van der Waals surface area contributed by atoms with Crippen LogP contribution >= 0.6 is 0 Å². The molecule has 114 valence electrons. The van der Waals surface area contributed by atoms with Crippen LogP contribution in [0.4, 0.5) is 0 Å². The highest BCUT2D eigenvalue weighted by molar-refractivity contribution is 7.89. The lowest BCUT2D eigenvalue weighted by molar-refractivity contribution is 0.306. The van der Waals surface area contributed by atoms with Gasteiger partial charge in [-0.25, -0.2) is 12.7 Å². The van der Waals surface area contributed by atoms with Crippen molar-refractivity contribution in [2.75, 3.05) is 14.1 Å². The number of hydrogen-bond acceptors (Lipinski definition) is 4. The zero-order valence-corrected chi connectivity index (χ0v) is 13.2. The van der Waals surface area contributed by atoms with Gasteiger partial charge in [0.15, 0.2) is 0 Å². The fourth-order valence-electron chi connectivity index (χ4n) is 1.80. The summed E-state index contributed by atoms with van der Waals surface area (Å²) in [5.74, 6) is 0.625. The van der Waals surface area contributed by atoms with Gasteiger partial charge in [-0.15, -0.1) is 0 Å². The lowest BCUT2D eigenvalue weighted by Crippen LogP contribution is -2.22. The van der Waals surface area contributed by atoms with Crippen LogP contribution in [0.2, 0.25) is 0 Å². The third-order valence-corrected chi connectivity index (χ3v) is 4.88. The number of rotatable bonds is 5. The van der Waals surface area contributed by atoms with E-state index in [1.807, 2.05) is 6.07 Å². The van der Waals surface area contributed by atoms with Crippen molar-refractivity contribution in [2.24, 2.45) is 0 Å². The van der Waals surface area contributed by atoms with E-state index in [1.165, 1.54) is 18.4 Å². The van der Waals surface area contributed by atoms with Crippen LogP contribution in [0.1, 0.15) is 11.1 Å². The minimum Gasteiger partial charge on any atom is -0.489 e. The predicted octanol–water partition coefficient (Wildman–Crippen LogP) is 2.39. The van der Waals surface area contributed by atoms with E-state index < -0.39 is 10.0 Å². The van der Waals surface area contributed by atoms with Crippen molar-refractivity contribution >= 4 is 10.0 Å². The normalized spacial score (nSPS) is 11.2. The van der Waals surface area contributed by atoms with Crippen LogP contribution in [-0.4, -0.2) is 26.8 Å². The molecule has 0 spiro atoms. The van der Waals surface area contributed by atoms with Gasteiger partial charge >= 0.3 is 0 Å². The first-order valence-corrected chi connectivity index (χ1v) is 8.02. The van der Waals surface area contributed by atoms with E-state index in [4.69, 9.17) is 10.00 Å². The minimum atomic E-state index is -3.45. The molecule has 0 aromatic heterocycles. The van der Waals surface area contributed by atoms with Crippen molar-refractivity contribution in [3.63, 3.8) is 0 Å². The second-order valence-electron chi connectivity index (χ2n) is 4.86. The highest BCUT2D eigenvalue weighted by Crippen LogP contribution is 2.17. The summed E-state index contributed by atoms with van der Waals surface area (Å²) in [7, 11) is -0.459. The number of nitriles is 1. The highest BCUT2D eigenvalue weighted by Gasteiger charge is 2.17. The molecule has 0 N–H and O–H groups in total. The molecule has 0 aliphatic rings. The molecule has 0 bridgehead atoms. The lowest BCUT2D eigenvalue weighted by atomic mass is 10.2. The standard InChI is InChI=1S/C16H16N2O3S/c1-18(2)22(19,20)16-5-3-4-14(10-16)12-21-15-8-6-13(11-17)7-9-15/h3-10H,12H2,1-2H3. The van der Waals surface area contributed by atoms with Gasteiger partial charge in [-0.1, -0.05) is 12.1 Å². The molecule has 0 unspecified atom stereocenters. The molecule has 2 aromatic carbocycles. The highest BCUT2D eigenvalue weighted by atomic mass is 32.2. The van der Waals surface area contributed by atoms with Gasteiger partial charge in [-0.3, -0.25) is 0 Å². The number of benzene rings is 2. The summed E-state index contributed by atoms with van der Waals surface area (Å²) in [5.41, 5.74) is 1.32. The Morgan fingerprint density at radius 2 is 1.82 bits per heavy atom. The van der Waals surface area contributed by atoms with Crippen molar-refractivity contribution in [3.8, 4) is 11.8 Å². The minimum absolute atomic E-state index is 0.235. The molecule has 0 amide bonds. The molecule has 2 rings (SSSR count). The van der Waals surface area contributed by atoms with Crippen molar-refractivity contribution in [1.29, 1.82) is 5.26 Å². The SMILES string of the molecule is CN(C)S(=O)(=O)c1cccc(COc2ccc(C#N)cc2)c1. The maximum absolute atomic E-state index is 12.1. The molecule has 0 atom stereocenters. The third kappa shape index (κ3) is 3.64. The molecule has 22 heavy (non-hydrogen) atoms. The number of sulfonamides is 1. The van der Waals surface area contributed by atoms with Gasteiger partial charge in [0.25, 0.3) is 0 Å². The Balaban J connectivity index is 2.12. The van der Waals surface area contributed by atoms with Crippen LogP contribution in [0.15, 0.2) is 53.4 Å². The molecule has 0 heterocycles. The molecule has 6 heteroatoms. The summed E-state index contributed by atoms with van der Waals surface area (Å²) in [6, 6.07) is 15.4. The number of nitrogens with zero attached hydrogens (tertiary/aromatic N) is 2. The second-order valence-corrected chi connectivity index (χ2v) is 7.01. The Morgan fingerprint density at radius 1 is 1.14 bits per heavy atom. The van der Waals surface area contributed by atoms with Gasteiger partial charge in [0.05, 0.1) is 16.5 Å². The summed E-state index contributed by atoms with van der Waals surface area (Å²) in [5, 5.41) is 8.74. The molecule has 0 saturated carbocycles. The van der Waals surface area contributed by atoms with E-state index in [-0.39, 0.29) is 11.5 Å². The van der Waals surface area contributed by atoms with Gasteiger partial charge in [0, 0.05) is 14.1 Å². The largest absolute Gasteiger partial charge is 0.489 e. The average molecular weight is 316 g/mol. The summed E-state index contributed by atoms with van der Waals surface area (Å²) in [4.78, 5) is 0.235. The van der Waals surface area contributed by atoms with Crippen LogP contribution in [0.25, 0.3) is 0 Å². The molecule has 0 radical (unpaired) electrons. The van der Waals surface area contributed by atoms with E-state index in [0.717, 1.165) is 5.56 Å². The van der Waals surface area contributed by atoms with Crippen molar-refractivity contribution in [3.05, 3.63) is 59.7 Å². The molecule has 0 aliphatic carbocycles. The lowest BCUT2D eigenvalue weighted by Gasteiger charge is -2.12. The van der Waals surface area contributed by atoms with Crippen molar-refractivity contribution in [2.45, 2.75) is 11.5 Å². The topological polar surface area (TPSA) is 70.4 Å². The molecule has 5 nitrogen and oxygen atoms in total. The summed E-state index contributed by atoms with van der Waals surface area (Å²) >= 11 is 0. The average Bonchev–Trinajstić information content (AvgIpc) is 2.53. The molecule has 2 aromatic rings. The van der Waals surface area contributed by atoms with Crippen molar-refractivity contribution < 1.29 is 13.2 Å². The summed E-state index contributed by atoms with van der Waals surface area (Å²) < 4.78 is 30.9. The van der Waals surface area contributed by atoms with Gasteiger partial charge in [0.1, 0.15) is 12.4 Å². The van der Waals surface area contributed by atoms with Crippen LogP contribution in [0.5, 0.6) is 5.75 Å². The van der Waals surface area contributed by atoms with E-state index in [1.54, 1.807) is 48.5 Å². The Hall–Kier alpha value is -2.36. The van der Waals surface area contributed by atoms with Gasteiger partial charge in [-0.2, -0.15) is 5.26 Å². The fourth-order valence-corrected chi connectivity index (χ4v) is 2.77. The van der Waals surface area contributed by atoms with Crippen LogP contribution in [0.3, 0.4) is 0 Å². The van der Waals surface area contributed by atoms with Crippen LogP contribution < -0.4 is 4.74 Å². The Bertz CT molecular complexity index is 791. The monoisotopic (exact) mass is 316 g/mol.